The first-order chi connectivity index (χ1) is 12.0. The molecule has 4 saturated carbocycles. The van der Waals surface area contributed by atoms with Crippen LogP contribution in [0.15, 0.2) is 18.2 Å². The summed E-state index contributed by atoms with van der Waals surface area (Å²) >= 11 is 0. The van der Waals surface area contributed by atoms with Gasteiger partial charge < -0.3 is 10.4 Å². The number of urea groups is 1. The van der Waals surface area contributed by atoms with Gasteiger partial charge in [0, 0.05) is 18.3 Å². The van der Waals surface area contributed by atoms with Gasteiger partial charge in [0.15, 0.2) is 0 Å². The first-order valence-electron chi connectivity index (χ1n) is 9.91. The molecule has 0 aromatic heterocycles. The lowest BCUT2D eigenvalue weighted by atomic mass is 9.52. The minimum Gasteiger partial charge on any atom is -0.390 e. The Morgan fingerprint density at radius 2 is 2.00 bits per heavy atom. The second kappa shape index (κ2) is 5.47. The summed E-state index contributed by atoms with van der Waals surface area (Å²) in [6.45, 7) is 2.89. The molecule has 4 aliphatic carbocycles. The highest BCUT2D eigenvalue weighted by Gasteiger charge is 2.55. The third-order valence-electron chi connectivity index (χ3n) is 7.14. The molecule has 3 unspecified atom stereocenters. The molecule has 6 rings (SSSR count). The molecule has 0 radical (unpaired) electrons. The lowest BCUT2D eigenvalue weighted by molar-refractivity contribution is -0.136. The van der Waals surface area contributed by atoms with E-state index >= 15 is 0 Å². The van der Waals surface area contributed by atoms with Crippen LogP contribution < -0.4 is 10.2 Å². The van der Waals surface area contributed by atoms with E-state index in [9.17, 15) is 9.90 Å². The molecule has 5 aliphatic rings. The van der Waals surface area contributed by atoms with Gasteiger partial charge in [0.25, 0.3) is 0 Å². The van der Waals surface area contributed by atoms with Crippen LogP contribution in [0.25, 0.3) is 0 Å². The maximum Gasteiger partial charge on any atom is 0.322 e. The third kappa shape index (κ3) is 2.57. The van der Waals surface area contributed by atoms with Gasteiger partial charge in [-0.25, -0.2) is 4.79 Å². The monoisotopic (exact) mass is 340 g/mol. The third-order valence-corrected chi connectivity index (χ3v) is 7.14. The number of rotatable bonds is 1. The fourth-order valence-corrected chi connectivity index (χ4v) is 6.33. The SMILES string of the molecule is Cc1ccc2c(c1)N(C(=O)NC1[C@@H]3CC4C[C@H]1CC(O)(C4)C3)CCC2. The number of aryl methyl sites for hydroxylation is 2. The van der Waals surface area contributed by atoms with Crippen molar-refractivity contribution < 1.29 is 9.90 Å². The second-order valence-electron chi connectivity index (χ2n) is 9.06. The van der Waals surface area contributed by atoms with Crippen molar-refractivity contribution in [2.24, 2.45) is 17.8 Å². The van der Waals surface area contributed by atoms with Gasteiger partial charge in [0.1, 0.15) is 0 Å². The van der Waals surface area contributed by atoms with Crippen molar-refractivity contribution in [3.05, 3.63) is 29.3 Å². The Morgan fingerprint density at radius 1 is 1.24 bits per heavy atom. The molecule has 0 saturated heterocycles. The number of nitrogens with zero attached hydrogens (tertiary/aromatic N) is 1. The van der Waals surface area contributed by atoms with Gasteiger partial charge in [0.05, 0.1) is 5.60 Å². The Balaban J connectivity index is 1.36. The van der Waals surface area contributed by atoms with Crippen LogP contribution in [0, 0.1) is 24.7 Å². The molecule has 4 nitrogen and oxygen atoms in total. The van der Waals surface area contributed by atoms with E-state index in [4.69, 9.17) is 0 Å². The van der Waals surface area contributed by atoms with Crippen LogP contribution in [0.2, 0.25) is 0 Å². The molecule has 1 aromatic carbocycles. The van der Waals surface area contributed by atoms with E-state index in [0.717, 1.165) is 44.3 Å². The lowest BCUT2D eigenvalue weighted by Crippen LogP contribution is -2.63. The van der Waals surface area contributed by atoms with Crippen molar-refractivity contribution >= 4 is 11.7 Å². The minimum atomic E-state index is -0.438. The maximum absolute atomic E-state index is 13.1. The molecule has 4 fully saturated rings. The van der Waals surface area contributed by atoms with Gasteiger partial charge in [0.2, 0.25) is 0 Å². The van der Waals surface area contributed by atoms with Crippen molar-refractivity contribution in [1.82, 2.24) is 5.32 Å². The number of amides is 2. The Kier molecular flexibility index (Phi) is 3.43. The molecule has 5 atom stereocenters. The van der Waals surface area contributed by atoms with E-state index in [0.29, 0.717) is 17.8 Å². The first kappa shape index (κ1) is 15.7. The highest BCUT2D eigenvalue weighted by atomic mass is 16.3. The standard InChI is InChI=1S/C21H28N2O2/c1-13-4-5-15-3-2-6-23(18(15)7-13)20(24)22-19-16-8-14-9-17(19)12-21(25,10-14)11-16/h4-5,7,14,16-17,19,25H,2-3,6,8-12H2,1H3,(H,22,24)/t14?,16-,17+,19?,21?. The second-order valence-corrected chi connectivity index (χ2v) is 9.06. The van der Waals surface area contributed by atoms with Crippen molar-refractivity contribution in [2.45, 2.75) is 63.5 Å². The zero-order valence-corrected chi connectivity index (χ0v) is 15.0. The van der Waals surface area contributed by atoms with Crippen molar-refractivity contribution in [2.75, 3.05) is 11.4 Å². The topological polar surface area (TPSA) is 52.6 Å². The van der Waals surface area contributed by atoms with Crippen molar-refractivity contribution in [3.63, 3.8) is 0 Å². The van der Waals surface area contributed by atoms with Crippen molar-refractivity contribution in [1.29, 1.82) is 0 Å². The molecule has 1 heterocycles. The average molecular weight is 340 g/mol. The number of fused-ring (bicyclic) bond motifs is 1. The zero-order valence-electron chi connectivity index (χ0n) is 15.0. The summed E-state index contributed by atoms with van der Waals surface area (Å²) in [4.78, 5) is 15.0. The number of carbonyl (C=O) groups excluding carboxylic acids is 1. The molecule has 4 heteroatoms. The molecule has 2 N–H and O–H groups in total. The number of aliphatic hydroxyl groups is 1. The Morgan fingerprint density at radius 3 is 2.72 bits per heavy atom. The highest BCUT2D eigenvalue weighted by molar-refractivity contribution is 5.93. The van der Waals surface area contributed by atoms with E-state index in [2.05, 4.69) is 30.4 Å². The smallest absolute Gasteiger partial charge is 0.322 e. The normalized spacial score (nSPS) is 38.6. The van der Waals surface area contributed by atoms with Crippen LogP contribution in [-0.4, -0.2) is 29.3 Å². The Labute approximate surface area is 149 Å². The van der Waals surface area contributed by atoms with E-state index < -0.39 is 5.60 Å². The highest BCUT2D eigenvalue weighted by Crippen LogP contribution is 2.55. The van der Waals surface area contributed by atoms with Gasteiger partial charge in [-0.1, -0.05) is 12.1 Å². The average Bonchev–Trinajstić information content (AvgIpc) is 2.56. The fourth-order valence-electron chi connectivity index (χ4n) is 6.33. The van der Waals surface area contributed by atoms with Gasteiger partial charge in [-0.05, 0) is 86.8 Å². The van der Waals surface area contributed by atoms with Gasteiger partial charge in [-0.2, -0.15) is 0 Å². The molecular formula is C21H28N2O2. The molecular weight excluding hydrogens is 312 g/mol. The minimum absolute atomic E-state index is 0.0658. The van der Waals surface area contributed by atoms with Gasteiger partial charge in [-0.3, -0.25) is 4.90 Å². The van der Waals surface area contributed by atoms with Gasteiger partial charge >= 0.3 is 6.03 Å². The number of hydrogen-bond donors (Lipinski definition) is 2. The maximum atomic E-state index is 13.1. The summed E-state index contributed by atoms with van der Waals surface area (Å²) in [7, 11) is 0. The molecule has 25 heavy (non-hydrogen) atoms. The van der Waals surface area contributed by atoms with E-state index in [1.54, 1.807) is 0 Å². The van der Waals surface area contributed by atoms with Crippen LogP contribution >= 0.6 is 0 Å². The predicted octanol–water partition coefficient (Wildman–Crippen LogP) is 3.40. The fraction of sp³-hybridized carbons (Fsp3) is 0.667. The molecule has 1 aliphatic heterocycles. The molecule has 0 spiro atoms. The van der Waals surface area contributed by atoms with Crippen LogP contribution in [0.4, 0.5) is 10.5 Å². The summed E-state index contributed by atoms with van der Waals surface area (Å²) in [5, 5.41) is 14.1. The number of hydrogen-bond acceptors (Lipinski definition) is 2. The van der Waals surface area contributed by atoms with Crippen LogP contribution in [0.5, 0.6) is 0 Å². The van der Waals surface area contributed by atoms with Gasteiger partial charge in [-0.15, -0.1) is 0 Å². The van der Waals surface area contributed by atoms with E-state index in [1.165, 1.54) is 24.0 Å². The molecule has 4 bridgehead atoms. The van der Waals surface area contributed by atoms with E-state index in [-0.39, 0.29) is 12.1 Å². The number of carbonyl (C=O) groups is 1. The molecule has 1 aromatic rings. The van der Waals surface area contributed by atoms with Crippen LogP contribution in [-0.2, 0) is 6.42 Å². The Hall–Kier alpha value is -1.55. The molecule has 2 amide bonds. The zero-order chi connectivity index (χ0) is 17.2. The summed E-state index contributed by atoms with van der Waals surface area (Å²) in [6, 6.07) is 6.77. The predicted molar refractivity (Wildman–Crippen MR) is 97.7 cm³/mol. The number of nitrogens with one attached hydrogen (secondary N) is 1. The summed E-state index contributed by atoms with van der Waals surface area (Å²) in [5.41, 5.74) is 3.14. The summed E-state index contributed by atoms with van der Waals surface area (Å²) in [6.07, 6.45) is 7.19. The number of benzene rings is 1. The quantitative estimate of drug-likeness (QED) is 0.823. The number of anilines is 1. The van der Waals surface area contributed by atoms with Crippen LogP contribution in [0.3, 0.4) is 0 Å². The van der Waals surface area contributed by atoms with E-state index in [1.807, 2.05) is 4.90 Å². The summed E-state index contributed by atoms with van der Waals surface area (Å²) < 4.78 is 0. The first-order valence-corrected chi connectivity index (χ1v) is 9.91. The summed E-state index contributed by atoms with van der Waals surface area (Å²) in [5.74, 6) is 1.60. The Bertz CT molecular complexity index is 700. The van der Waals surface area contributed by atoms with Crippen LogP contribution in [0.1, 0.15) is 49.7 Å². The molecule has 134 valence electrons. The largest absolute Gasteiger partial charge is 0.390 e. The van der Waals surface area contributed by atoms with Crippen molar-refractivity contribution in [3.8, 4) is 0 Å². The lowest BCUT2D eigenvalue weighted by Gasteiger charge is -2.58.